The first kappa shape index (κ1) is 13.5. The van der Waals surface area contributed by atoms with Crippen LogP contribution in [0, 0.1) is 0 Å². The van der Waals surface area contributed by atoms with Crippen molar-refractivity contribution in [2.75, 3.05) is 5.73 Å². The van der Waals surface area contributed by atoms with Gasteiger partial charge in [-0.15, -0.1) is 0 Å². The lowest BCUT2D eigenvalue weighted by molar-refractivity contribution is 0.837. The van der Waals surface area contributed by atoms with Gasteiger partial charge in [0.1, 0.15) is 0 Å². The third-order valence-electron chi connectivity index (χ3n) is 3.93. The van der Waals surface area contributed by atoms with Gasteiger partial charge >= 0.3 is 0 Å². The van der Waals surface area contributed by atoms with Crippen LogP contribution < -0.4 is 5.73 Å². The average molecular weight is 300 g/mol. The van der Waals surface area contributed by atoms with Crippen molar-refractivity contribution >= 4 is 16.9 Å². The van der Waals surface area contributed by atoms with Crippen LogP contribution in [0.15, 0.2) is 73.1 Å². The monoisotopic (exact) mass is 300 g/mol. The first-order valence-corrected chi connectivity index (χ1v) is 7.52. The molecule has 23 heavy (non-hydrogen) atoms. The van der Waals surface area contributed by atoms with Gasteiger partial charge in [0.2, 0.25) is 5.95 Å². The second-order valence-electron chi connectivity index (χ2n) is 5.47. The number of nitrogens with zero attached hydrogens (tertiary/aromatic N) is 3. The SMILES string of the molecule is Nc1nccc(-c2cn(Cc3ccccc3)c3ccccc23)n1. The third-order valence-corrected chi connectivity index (χ3v) is 3.93. The van der Waals surface area contributed by atoms with Crippen LogP contribution in [0.25, 0.3) is 22.2 Å². The minimum absolute atomic E-state index is 0.294. The van der Waals surface area contributed by atoms with Gasteiger partial charge in [0.25, 0.3) is 0 Å². The molecule has 0 aliphatic heterocycles. The van der Waals surface area contributed by atoms with Crippen LogP contribution in [-0.2, 0) is 6.54 Å². The number of hydrogen-bond donors (Lipinski definition) is 1. The fourth-order valence-corrected chi connectivity index (χ4v) is 2.89. The van der Waals surface area contributed by atoms with Crippen molar-refractivity contribution in [1.82, 2.24) is 14.5 Å². The Labute approximate surface area is 134 Å². The van der Waals surface area contributed by atoms with Crippen molar-refractivity contribution in [2.24, 2.45) is 0 Å². The molecule has 2 N–H and O–H groups in total. The highest BCUT2D eigenvalue weighted by Crippen LogP contribution is 2.30. The van der Waals surface area contributed by atoms with Crippen molar-refractivity contribution in [2.45, 2.75) is 6.54 Å². The van der Waals surface area contributed by atoms with Crippen molar-refractivity contribution in [3.8, 4) is 11.3 Å². The van der Waals surface area contributed by atoms with E-state index in [1.807, 2.05) is 18.2 Å². The maximum Gasteiger partial charge on any atom is 0.220 e. The molecule has 4 nitrogen and oxygen atoms in total. The molecule has 4 rings (SSSR count). The average Bonchev–Trinajstić information content (AvgIpc) is 2.95. The lowest BCUT2D eigenvalue weighted by Gasteiger charge is -2.05. The zero-order valence-corrected chi connectivity index (χ0v) is 12.6. The number of aromatic nitrogens is 3. The van der Waals surface area contributed by atoms with E-state index in [0.29, 0.717) is 5.95 Å². The molecule has 0 radical (unpaired) electrons. The predicted octanol–water partition coefficient (Wildman–Crippen LogP) is 3.73. The normalized spacial score (nSPS) is 11.0. The summed E-state index contributed by atoms with van der Waals surface area (Å²) in [5.41, 5.74) is 10.1. The molecule has 0 fully saturated rings. The van der Waals surface area contributed by atoms with Crippen molar-refractivity contribution < 1.29 is 0 Å². The van der Waals surface area contributed by atoms with Gasteiger partial charge in [-0.1, -0.05) is 48.5 Å². The van der Waals surface area contributed by atoms with E-state index in [2.05, 4.69) is 63.2 Å². The number of nitrogen functional groups attached to an aromatic ring is 1. The molecule has 0 aliphatic rings. The second-order valence-corrected chi connectivity index (χ2v) is 5.47. The number of para-hydroxylation sites is 1. The third kappa shape index (κ3) is 2.55. The Morgan fingerprint density at radius 1 is 0.913 bits per heavy atom. The Kier molecular flexibility index (Phi) is 3.27. The molecule has 0 saturated carbocycles. The minimum atomic E-state index is 0.294. The summed E-state index contributed by atoms with van der Waals surface area (Å²) in [5.74, 6) is 0.294. The highest BCUT2D eigenvalue weighted by molar-refractivity contribution is 5.95. The van der Waals surface area contributed by atoms with Crippen molar-refractivity contribution in [1.29, 1.82) is 0 Å². The smallest absolute Gasteiger partial charge is 0.220 e. The van der Waals surface area contributed by atoms with Gasteiger partial charge in [0, 0.05) is 35.4 Å². The maximum atomic E-state index is 5.74. The number of fused-ring (bicyclic) bond motifs is 1. The van der Waals surface area contributed by atoms with Crippen LogP contribution in [-0.4, -0.2) is 14.5 Å². The molecule has 2 aromatic carbocycles. The largest absolute Gasteiger partial charge is 0.368 e. The zero-order valence-electron chi connectivity index (χ0n) is 12.6. The van der Waals surface area contributed by atoms with Crippen molar-refractivity contribution in [3.63, 3.8) is 0 Å². The predicted molar refractivity (Wildman–Crippen MR) is 92.9 cm³/mol. The molecule has 4 aromatic rings. The number of rotatable bonds is 3. The first-order chi connectivity index (χ1) is 11.3. The van der Waals surface area contributed by atoms with Gasteiger partial charge in [-0.05, 0) is 17.7 Å². The lowest BCUT2D eigenvalue weighted by atomic mass is 10.1. The fourth-order valence-electron chi connectivity index (χ4n) is 2.89. The van der Waals surface area contributed by atoms with E-state index in [1.165, 1.54) is 16.5 Å². The molecule has 0 unspecified atom stereocenters. The Bertz CT molecular complexity index is 957. The lowest BCUT2D eigenvalue weighted by Crippen LogP contribution is -1.97. The highest BCUT2D eigenvalue weighted by Gasteiger charge is 2.11. The molecule has 0 saturated heterocycles. The molecule has 0 bridgehead atoms. The summed E-state index contributed by atoms with van der Waals surface area (Å²) in [6.07, 6.45) is 3.83. The maximum absolute atomic E-state index is 5.74. The highest BCUT2D eigenvalue weighted by atomic mass is 15.0. The first-order valence-electron chi connectivity index (χ1n) is 7.52. The molecule has 4 heteroatoms. The van der Waals surface area contributed by atoms with E-state index < -0.39 is 0 Å². The number of nitrogens with two attached hydrogens (primary N) is 1. The summed E-state index contributed by atoms with van der Waals surface area (Å²) in [7, 11) is 0. The van der Waals surface area contributed by atoms with E-state index in [4.69, 9.17) is 5.73 Å². The Morgan fingerprint density at radius 3 is 2.52 bits per heavy atom. The van der Waals surface area contributed by atoms with Gasteiger partial charge in [0.15, 0.2) is 0 Å². The van der Waals surface area contributed by atoms with E-state index in [-0.39, 0.29) is 0 Å². The van der Waals surface area contributed by atoms with E-state index in [9.17, 15) is 0 Å². The van der Waals surface area contributed by atoms with Gasteiger partial charge in [-0.3, -0.25) is 0 Å². The van der Waals surface area contributed by atoms with Gasteiger partial charge in [-0.25, -0.2) is 9.97 Å². The van der Waals surface area contributed by atoms with Gasteiger partial charge < -0.3 is 10.3 Å². The Balaban J connectivity index is 1.86. The summed E-state index contributed by atoms with van der Waals surface area (Å²) >= 11 is 0. The summed E-state index contributed by atoms with van der Waals surface area (Å²) in [4.78, 5) is 8.35. The van der Waals surface area contributed by atoms with E-state index in [0.717, 1.165) is 17.8 Å². The molecule has 0 atom stereocenters. The van der Waals surface area contributed by atoms with Crippen molar-refractivity contribution in [3.05, 3.63) is 78.6 Å². The van der Waals surface area contributed by atoms with Crippen LogP contribution in [0.5, 0.6) is 0 Å². The molecule has 2 heterocycles. The summed E-state index contributed by atoms with van der Waals surface area (Å²) in [6, 6.07) is 20.7. The van der Waals surface area contributed by atoms with Gasteiger partial charge in [-0.2, -0.15) is 0 Å². The minimum Gasteiger partial charge on any atom is -0.368 e. The van der Waals surface area contributed by atoms with Gasteiger partial charge in [0.05, 0.1) is 5.69 Å². The van der Waals surface area contributed by atoms with Crippen LogP contribution in [0.4, 0.5) is 5.95 Å². The van der Waals surface area contributed by atoms with E-state index >= 15 is 0 Å². The summed E-state index contributed by atoms with van der Waals surface area (Å²) in [5, 5.41) is 1.17. The quantitative estimate of drug-likeness (QED) is 0.627. The van der Waals surface area contributed by atoms with Crippen LogP contribution in [0.2, 0.25) is 0 Å². The Hall–Kier alpha value is -3.14. The second kappa shape index (κ2) is 5.57. The molecule has 0 spiro atoms. The molecular weight excluding hydrogens is 284 g/mol. The molecule has 0 amide bonds. The number of benzene rings is 2. The molecule has 112 valence electrons. The van der Waals surface area contributed by atoms with Crippen LogP contribution in [0.1, 0.15) is 5.56 Å². The molecule has 2 aromatic heterocycles. The summed E-state index contributed by atoms with van der Waals surface area (Å²) in [6.45, 7) is 0.821. The topological polar surface area (TPSA) is 56.7 Å². The fraction of sp³-hybridized carbons (Fsp3) is 0.0526. The zero-order chi connectivity index (χ0) is 15.6. The Morgan fingerprint density at radius 2 is 1.70 bits per heavy atom. The number of hydrogen-bond acceptors (Lipinski definition) is 3. The molecule has 0 aliphatic carbocycles. The van der Waals surface area contributed by atoms with Crippen LogP contribution >= 0.6 is 0 Å². The summed E-state index contributed by atoms with van der Waals surface area (Å²) < 4.78 is 2.25. The van der Waals surface area contributed by atoms with E-state index in [1.54, 1.807) is 6.20 Å². The van der Waals surface area contributed by atoms with Crippen LogP contribution in [0.3, 0.4) is 0 Å². The molecular formula is C19H16N4. The standard InChI is InChI=1S/C19H16N4/c20-19-21-11-10-17(22-19)16-13-23(12-14-6-2-1-3-7-14)18-9-5-4-8-15(16)18/h1-11,13H,12H2,(H2,20,21,22). The number of anilines is 1.